The number of amides is 3. The van der Waals surface area contributed by atoms with Crippen molar-refractivity contribution < 1.29 is 27.9 Å². The molecular weight excluding hydrogens is 432 g/mol. The van der Waals surface area contributed by atoms with Gasteiger partial charge in [-0.1, -0.05) is 24.3 Å². The average Bonchev–Trinajstić information content (AvgIpc) is 3.13. The van der Waals surface area contributed by atoms with E-state index in [9.17, 15) is 23.2 Å². The number of ether oxygens (including phenoxy) is 1. The first-order valence-electron chi connectivity index (χ1n) is 11.0. The maximum Gasteiger partial charge on any atom is 0.407 e. The minimum absolute atomic E-state index is 0.00547. The third-order valence-corrected chi connectivity index (χ3v) is 6.51. The first-order valence-corrected chi connectivity index (χ1v) is 11.0. The van der Waals surface area contributed by atoms with Crippen molar-refractivity contribution in [3.63, 3.8) is 0 Å². The van der Waals surface area contributed by atoms with Gasteiger partial charge in [0, 0.05) is 23.7 Å². The summed E-state index contributed by atoms with van der Waals surface area (Å²) in [5, 5.41) is 5.01. The van der Waals surface area contributed by atoms with E-state index in [0.717, 1.165) is 12.8 Å². The SMILES string of the molecule is O=C1CCC(c2c(F)cc(N3CC(OC(=O)NC4Cc5ccccc5C4)C3)cc2F)C(=O)N1. The Kier molecular flexibility index (Phi) is 5.47. The Balaban J connectivity index is 1.15. The second kappa shape index (κ2) is 8.46. The highest BCUT2D eigenvalue weighted by Gasteiger charge is 2.35. The molecule has 0 saturated carbocycles. The van der Waals surface area contributed by atoms with Gasteiger partial charge in [-0.3, -0.25) is 14.9 Å². The predicted octanol–water partition coefficient (Wildman–Crippen LogP) is 2.57. The van der Waals surface area contributed by atoms with E-state index in [2.05, 4.69) is 22.8 Å². The molecule has 2 aromatic carbocycles. The number of hydrogen-bond donors (Lipinski definition) is 2. The Morgan fingerprint density at radius 3 is 2.30 bits per heavy atom. The number of alkyl carbamates (subject to hydrolysis) is 1. The minimum Gasteiger partial charge on any atom is -0.442 e. The fraction of sp³-hybridized carbons (Fsp3) is 0.375. The molecule has 2 aliphatic heterocycles. The summed E-state index contributed by atoms with van der Waals surface area (Å²) < 4.78 is 34.9. The lowest BCUT2D eigenvalue weighted by atomic mass is 9.89. The lowest BCUT2D eigenvalue weighted by Gasteiger charge is -2.40. The van der Waals surface area contributed by atoms with Crippen LogP contribution < -0.4 is 15.5 Å². The Bertz CT molecular complexity index is 1080. The van der Waals surface area contributed by atoms with E-state index < -0.39 is 35.5 Å². The van der Waals surface area contributed by atoms with Gasteiger partial charge in [0.15, 0.2) is 0 Å². The van der Waals surface area contributed by atoms with Gasteiger partial charge < -0.3 is 15.0 Å². The molecule has 0 aromatic heterocycles. The molecule has 2 heterocycles. The molecule has 9 heteroatoms. The predicted molar refractivity (Wildman–Crippen MR) is 115 cm³/mol. The van der Waals surface area contributed by atoms with E-state index in [0.29, 0.717) is 18.8 Å². The zero-order chi connectivity index (χ0) is 23.1. The minimum atomic E-state index is -1.03. The summed E-state index contributed by atoms with van der Waals surface area (Å²) in [6, 6.07) is 10.4. The fourth-order valence-corrected chi connectivity index (χ4v) is 4.79. The summed E-state index contributed by atoms with van der Waals surface area (Å²) in [5.41, 5.74) is 2.44. The number of carbonyl (C=O) groups excluding carboxylic acids is 3. The molecule has 1 unspecified atom stereocenters. The number of imide groups is 1. The molecule has 1 aliphatic carbocycles. The first-order chi connectivity index (χ1) is 15.9. The van der Waals surface area contributed by atoms with E-state index in [1.54, 1.807) is 4.90 Å². The van der Waals surface area contributed by atoms with Crippen molar-refractivity contribution in [2.75, 3.05) is 18.0 Å². The highest BCUT2D eigenvalue weighted by Crippen LogP contribution is 2.33. The monoisotopic (exact) mass is 455 g/mol. The fourth-order valence-electron chi connectivity index (χ4n) is 4.79. The lowest BCUT2D eigenvalue weighted by molar-refractivity contribution is -0.134. The lowest BCUT2D eigenvalue weighted by Crippen LogP contribution is -2.54. The van der Waals surface area contributed by atoms with Crippen molar-refractivity contribution in [1.29, 1.82) is 0 Å². The first kappa shape index (κ1) is 21.4. The summed E-state index contributed by atoms with van der Waals surface area (Å²) in [6.07, 6.45) is 0.758. The maximum absolute atomic E-state index is 14.7. The van der Waals surface area contributed by atoms with Crippen LogP contribution in [0.5, 0.6) is 0 Å². The Morgan fingerprint density at radius 2 is 1.70 bits per heavy atom. The number of carbonyl (C=O) groups is 3. The van der Waals surface area contributed by atoms with E-state index in [1.165, 1.54) is 23.3 Å². The van der Waals surface area contributed by atoms with E-state index in [1.807, 2.05) is 12.1 Å². The van der Waals surface area contributed by atoms with Crippen LogP contribution in [0, 0.1) is 11.6 Å². The standard InChI is InChI=1S/C24H23F2N3O4/c25-19-9-16(10-20(26)22(19)18-5-6-21(30)28-23(18)31)29-11-17(12-29)33-24(32)27-15-7-13-3-1-2-4-14(13)8-15/h1-4,9-10,15,17-18H,5-8,11-12H2,(H,27,32)(H,28,30,31). The van der Waals surface area contributed by atoms with Gasteiger partial charge in [0.1, 0.15) is 17.7 Å². The van der Waals surface area contributed by atoms with Gasteiger partial charge >= 0.3 is 6.09 Å². The molecule has 0 bridgehead atoms. The van der Waals surface area contributed by atoms with Crippen LogP contribution in [-0.2, 0) is 27.2 Å². The van der Waals surface area contributed by atoms with Gasteiger partial charge in [-0.2, -0.15) is 0 Å². The number of halogens is 2. The zero-order valence-electron chi connectivity index (χ0n) is 17.8. The van der Waals surface area contributed by atoms with E-state index >= 15 is 0 Å². The molecule has 0 spiro atoms. The molecule has 1 atom stereocenters. The summed E-state index contributed by atoms with van der Waals surface area (Å²) in [7, 11) is 0. The molecule has 3 aliphatic rings. The Morgan fingerprint density at radius 1 is 1.06 bits per heavy atom. The van der Waals surface area contributed by atoms with Gasteiger partial charge in [0.05, 0.1) is 19.0 Å². The number of benzene rings is 2. The third kappa shape index (κ3) is 4.27. The van der Waals surface area contributed by atoms with Crippen LogP contribution in [0.4, 0.5) is 19.3 Å². The van der Waals surface area contributed by atoms with Crippen molar-refractivity contribution in [3.05, 3.63) is 64.7 Å². The normalized spacial score (nSPS) is 20.8. The van der Waals surface area contributed by atoms with Crippen LogP contribution in [0.3, 0.4) is 0 Å². The van der Waals surface area contributed by atoms with Crippen molar-refractivity contribution in [2.45, 2.75) is 43.7 Å². The number of nitrogens with one attached hydrogen (secondary N) is 2. The second-order valence-electron chi connectivity index (χ2n) is 8.78. The number of fused-ring (bicyclic) bond motifs is 1. The number of nitrogens with zero attached hydrogens (tertiary/aromatic N) is 1. The van der Waals surface area contributed by atoms with Gasteiger partial charge in [-0.25, -0.2) is 13.6 Å². The number of anilines is 1. The summed E-state index contributed by atoms with van der Waals surface area (Å²) >= 11 is 0. The molecule has 7 nitrogen and oxygen atoms in total. The summed E-state index contributed by atoms with van der Waals surface area (Å²) in [6.45, 7) is 0.629. The number of hydrogen-bond acceptors (Lipinski definition) is 5. The van der Waals surface area contributed by atoms with Crippen molar-refractivity contribution in [1.82, 2.24) is 10.6 Å². The van der Waals surface area contributed by atoms with Crippen molar-refractivity contribution in [3.8, 4) is 0 Å². The maximum atomic E-state index is 14.7. The zero-order valence-corrected chi connectivity index (χ0v) is 17.8. The van der Waals surface area contributed by atoms with Crippen LogP contribution >= 0.6 is 0 Å². The molecule has 2 fully saturated rings. The van der Waals surface area contributed by atoms with Gasteiger partial charge in [0.25, 0.3) is 0 Å². The molecule has 2 saturated heterocycles. The highest BCUT2D eigenvalue weighted by molar-refractivity contribution is 6.01. The molecule has 2 aromatic rings. The smallest absolute Gasteiger partial charge is 0.407 e. The molecule has 2 N–H and O–H groups in total. The third-order valence-electron chi connectivity index (χ3n) is 6.51. The summed E-state index contributed by atoms with van der Waals surface area (Å²) in [4.78, 5) is 37.2. The molecule has 0 radical (unpaired) electrons. The second-order valence-corrected chi connectivity index (χ2v) is 8.78. The van der Waals surface area contributed by atoms with E-state index in [-0.39, 0.29) is 30.6 Å². The summed E-state index contributed by atoms with van der Waals surface area (Å²) in [5.74, 6) is -3.83. The highest BCUT2D eigenvalue weighted by atomic mass is 19.1. The van der Waals surface area contributed by atoms with Gasteiger partial charge in [0.2, 0.25) is 11.8 Å². The largest absolute Gasteiger partial charge is 0.442 e. The van der Waals surface area contributed by atoms with Gasteiger partial charge in [-0.05, 0) is 42.5 Å². The van der Waals surface area contributed by atoms with Gasteiger partial charge in [-0.15, -0.1) is 0 Å². The average molecular weight is 455 g/mol. The van der Waals surface area contributed by atoms with Crippen molar-refractivity contribution in [2.24, 2.45) is 0 Å². The Labute approximate surface area is 189 Å². The van der Waals surface area contributed by atoms with Crippen LogP contribution in [0.2, 0.25) is 0 Å². The topological polar surface area (TPSA) is 87.7 Å². The molecule has 33 heavy (non-hydrogen) atoms. The van der Waals surface area contributed by atoms with Crippen LogP contribution in [0.1, 0.15) is 35.4 Å². The van der Waals surface area contributed by atoms with Crippen molar-refractivity contribution >= 4 is 23.6 Å². The number of piperidine rings is 1. The molecule has 3 amide bonds. The molecular formula is C24H23F2N3O4. The van der Waals surface area contributed by atoms with Crippen LogP contribution in [-0.4, -0.2) is 43.1 Å². The van der Waals surface area contributed by atoms with Crippen LogP contribution in [0.15, 0.2) is 36.4 Å². The van der Waals surface area contributed by atoms with E-state index in [4.69, 9.17) is 4.74 Å². The quantitative estimate of drug-likeness (QED) is 0.692. The Hall–Kier alpha value is -3.49. The molecule has 172 valence electrons. The molecule has 5 rings (SSSR count). The van der Waals surface area contributed by atoms with Crippen LogP contribution in [0.25, 0.3) is 0 Å². The number of rotatable bonds is 4.